The molecule has 5 nitrogen and oxygen atoms in total. The third-order valence-corrected chi connectivity index (χ3v) is 1.36. The van der Waals surface area contributed by atoms with Crippen molar-refractivity contribution < 1.29 is 24.0 Å². The van der Waals surface area contributed by atoms with Crippen LogP contribution in [-0.2, 0) is 4.74 Å². The zero-order chi connectivity index (χ0) is 9.84. The minimum atomic E-state index is -1.71. The molecule has 0 saturated carbocycles. The summed E-state index contributed by atoms with van der Waals surface area (Å²) in [5.41, 5.74) is -0.0805. The van der Waals surface area contributed by atoms with E-state index >= 15 is 0 Å². The molecule has 0 unspecified atom stereocenters. The van der Waals surface area contributed by atoms with Crippen LogP contribution in [0, 0.1) is 0 Å². The third-order valence-electron chi connectivity index (χ3n) is 1.36. The molecule has 0 bridgehead atoms. The van der Waals surface area contributed by atoms with Crippen LogP contribution in [0.4, 0.5) is 0 Å². The Bertz CT molecular complexity index is 293. The molecule has 70 valence electrons. The molecule has 0 fully saturated rings. The Balaban J connectivity index is 2.73. The van der Waals surface area contributed by atoms with Crippen molar-refractivity contribution in [3.05, 3.63) is 17.9 Å². The van der Waals surface area contributed by atoms with Gasteiger partial charge in [-0.15, -0.1) is 0 Å². The van der Waals surface area contributed by atoms with Crippen LogP contribution in [0.5, 0.6) is 0 Å². The Hall–Kier alpha value is -1.27. The number of furan rings is 1. The molecule has 0 amide bonds. The number of carbonyl (C=O) groups excluding carboxylic acids is 1. The molecule has 0 saturated heterocycles. The highest BCUT2D eigenvalue weighted by Crippen LogP contribution is 2.00. The summed E-state index contributed by atoms with van der Waals surface area (Å²) in [6.45, 7) is 1.92. The van der Waals surface area contributed by atoms with Gasteiger partial charge in [-0.05, 0) is 19.1 Å². The lowest BCUT2D eigenvalue weighted by Gasteiger charge is -1.96. The molecule has 0 aliphatic heterocycles. The van der Waals surface area contributed by atoms with Crippen LogP contribution in [-0.4, -0.2) is 29.7 Å². The molecule has 0 aliphatic carbocycles. The van der Waals surface area contributed by atoms with E-state index in [0.717, 1.165) is 0 Å². The van der Waals surface area contributed by atoms with E-state index in [0.29, 0.717) is 0 Å². The molecule has 1 rings (SSSR count). The van der Waals surface area contributed by atoms with Gasteiger partial charge in [0.2, 0.25) is 5.76 Å². The van der Waals surface area contributed by atoms with E-state index in [-0.39, 0.29) is 18.0 Å². The van der Waals surface area contributed by atoms with Gasteiger partial charge in [0.05, 0.1) is 6.61 Å². The summed E-state index contributed by atoms with van der Waals surface area (Å²) in [5, 5.41) is 17.3. The quantitative estimate of drug-likeness (QED) is 0.471. The first kappa shape index (κ1) is 9.82. The predicted molar refractivity (Wildman–Crippen MR) is 44.5 cm³/mol. The first-order valence-electron chi connectivity index (χ1n) is 3.78. The maximum Gasteiger partial charge on any atom is 0.526 e. The first-order valence-corrected chi connectivity index (χ1v) is 3.78. The van der Waals surface area contributed by atoms with Gasteiger partial charge in [0, 0.05) is 0 Å². The van der Waals surface area contributed by atoms with Gasteiger partial charge < -0.3 is 19.2 Å². The summed E-state index contributed by atoms with van der Waals surface area (Å²) in [5.74, 6) is -0.653. The highest BCUT2D eigenvalue weighted by Gasteiger charge is 2.19. The van der Waals surface area contributed by atoms with E-state index in [1.54, 1.807) is 6.92 Å². The van der Waals surface area contributed by atoms with Crippen LogP contribution in [0.2, 0.25) is 0 Å². The summed E-state index contributed by atoms with van der Waals surface area (Å²) in [6, 6.07) is 2.63. The average molecular weight is 184 g/mol. The molecule has 1 aromatic rings. The van der Waals surface area contributed by atoms with E-state index in [9.17, 15) is 4.79 Å². The average Bonchev–Trinajstić information content (AvgIpc) is 2.52. The number of ether oxygens (including phenoxy) is 1. The number of hydrogen-bond donors (Lipinski definition) is 2. The predicted octanol–water partition coefficient (Wildman–Crippen LogP) is -0.864. The first-order chi connectivity index (χ1) is 6.15. The summed E-state index contributed by atoms with van der Waals surface area (Å²) in [6.07, 6.45) is 0. The molecule has 1 aromatic heterocycles. The zero-order valence-corrected chi connectivity index (χ0v) is 7.06. The van der Waals surface area contributed by atoms with Gasteiger partial charge in [0.1, 0.15) is 5.66 Å². The molecule has 0 aromatic carbocycles. The van der Waals surface area contributed by atoms with Crippen LogP contribution in [0.3, 0.4) is 0 Å². The topological polar surface area (TPSA) is 79.9 Å². The largest absolute Gasteiger partial charge is 0.526 e. The number of esters is 1. The summed E-state index contributed by atoms with van der Waals surface area (Å²) < 4.78 is 9.41. The summed E-state index contributed by atoms with van der Waals surface area (Å²) >= 11 is 0. The van der Waals surface area contributed by atoms with Gasteiger partial charge in [0.25, 0.3) is 0 Å². The van der Waals surface area contributed by atoms with Gasteiger partial charge in [0.15, 0.2) is 0 Å². The highest BCUT2D eigenvalue weighted by atomic mass is 16.5. The smallest absolute Gasteiger partial charge is 0.460 e. The van der Waals surface area contributed by atoms with Gasteiger partial charge in [-0.1, -0.05) is 0 Å². The number of carbonyl (C=O) groups is 1. The standard InChI is InChI=1S/C7H9BO5/c1-2-12-7(9)5-3-4-6(13-5)8(10)11/h3-4,10-11H,2H2,1H3. The fourth-order valence-electron chi connectivity index (χ4n) is 0.804. The summed E-state index contributed by atoms with van der Waals surface area (Å²) in [7, 11) is -1.71. The van der Waals surface area contributed by atoms with Crippen LogP contribution in [0.1, 0.15) is 17.5 Å². The van der Waals surface area contributed by atoms with Crippen molar-refractivity contribution in [2.75, 3.05) is 6.61 Å². The molecule has 0 atom stereocenters. The second-order valence-corrected chi connectivity index (χ2v) is 2.30. The molecule has 1 heterocycles. The minimum Gasteiger partial charge on any atom is -0.460 e. The highest BCUT2D eigenvalue weighted by molar-refractivity contribution is 6.57. The van der Waals surface area contributed by atoms with Crippen molar-refractivity contribution in [1.82, 2.24) is 0 Å². The van der Waals surface area contributed by atoms with Crippen LogP contribution in [0.15, 0.2) is 16.5 Å². The Morgan fingerprint density at radius 3 is 2.77 bits per heavy atom. The van der Waals surface area contributed by atoms with E-state index < -0.39 is 13.1 Å². The molecule has 13 heavy (non-hydrogen) atoms. The van der Waals surface area contributed by atoms with E-state index in [2.05, 4.69) is 4.74 Å². The third kappa shape index (κ3) is 2.33. The van der Waals surface area contributed by atoms with E-state index in [1.807, 2.05) is 0 Å². The Kier molecular flexibility index (Phi) is 3.10. The van der Waals surface area contributed by atoms with Crippen LogP contribution >= 0.6 is 0 Å². The van der Waals surface area contributed by atoms with E-state index in [4.69, 9.17) is 14.5 Å². The maximum atomic E-state index is 11.0. The van der Waals surface area contributed by atoms with Crippen molar-refractivity contribution in [3.8, 4) is 0 Å². The van der Waals surface area contributed by atoms with Crippen molar-refractivity contribution >= 4 is 18.7 Å². The Morgan fingerprint density at radius 2 is 2.31 bits per heavy atom. The molecule has 0 aliphatic rings. The molecular weight excluding hydrogens is 175 g/mol. The van der Waals surface area contributed by atoms with Crippen LogP contribution in [0.25, 0.3) is 0 Å². The van der Waals surface area contributed by atoms with Gasteiger partial charge in [-0.2, -0.15) is 0 Å². The normalized spacial score (nSPS) is 9.77. The SMILES string of the molecule is CCOC(=O)c1ccc(B(O)O)o1. The summed E-state index contributed by atoms with van der Waals surface area (Å²) in [4.78, 5) is 11.0. The molecular formula is C7H9BO5. The number of rotatable bonds is 3. The molecule has 0 radical (unpaired) electrons. The lowest BCUT2D eigenvalue weighted by atomic mass is 9.88. The fraction of sp³-hybridized carbons (Fsp3) is 0.286. The number of hydrogen-bond acceptors (Lipinski definition) is 5. The second-order valence-electron chi connectivity index (χ2n) is 2.30. The zero-order valence-electron chi connectivity index (χ0n) is 7.06. The van der Waals surface area contributed by atoms with Crippen LogP contribution < -0.4 is 5.66 Å². The second kappa shape index (κ2) is 4.11. The molecule has 6 heteroatoms. The lowest BCUT2D eigenvalue weighted by molar-refractivity contribution is 0.0491. The minimum absolute atomic E-state index is 0.0371. The molecule has 2 N–H and O–H groups in total. The van der Waals surface area contributed by atoms with Crippen molar-refractivity contribution in [3.63, 3.8) is 0 Å². The lowest BCUT2D eigenvalue weighted by Crippen LogP contribution is -2.28. The fourth-order valence-corrected chi connectivity index (χ4v) is 0.804. The van der Waals surface area contributed by atoms with Gasteiger partial charge in [-0.3, -0.25) is 0 Å². The monoisotopic (exact) mass is 184 g/mol. The Labute approximate surface area is 75.1 Å². The van der Waals surface area contributed by atoms with Crippen molar-refractivity contribution in [1.29, 1.82) is 0 Å². The molecule has 0 spiro atoms. The maximum absolute atomic E-state index is 11.0. The van der Waals surface area contributed by atoms with Gasteiger partial charge in [-0.25, -0.2) is 4.79 Å². The van der Waals surface area contributed by atoms with Crippen molar-refractivity contribution in [2.24, 2.45) is 0 Å². The van der Waals surface area contributed by atoms with Gasteiger partial charge >= 0.3 is 13.1 Å². The Morgan fingerprint density at radius 1 is 1.62 bits per heavy atom. The van der Waals surface area contributed by atoms with Crippen molar-refractivity contribution in [2.45, 2.75) is 6.92 Å². The van der Waals surface area contributed by atoms with E-state index in [1.165, 1.54) is 12.1 Å².